The topological polar surface area (TPSA) is 47.2 Å². The lowest BCUT2D eigenvalue weighted by Gasteiger charge is -1.94. The summed E-state index contributed by atoms with van der Waals surface area (Å²) in [5.41, 5.74) is 0.871. The Balaban J connectivity index is 2.49. The highest BCUT2D eigenvalue weighted by atomic mass is 16.5. The Labute approximate surface area is 70.1 Å². The second-order valence-electron chi connectivity index (χ2n) is 3.05. The summed E-state index contributed by atoms with van der Waals surface area (Å²) in [5, 5.41) is 3.22. The average Bonchev–Trinajstić information content (AvgIpc) is 2.30. The van der Waals surface area contributed by atoms with Crippen LogP contribution in [0.3, 0.4) is 0 Å². The molecular weight excluding hydrogens is 156 g/mol. The van der Waals surface area contributed by atoms with Gasteiger partial charge in [0.15, 0.2) is 0 Å². The largest absolute Gasteiger partial charge is 0.381 e. The molecule has 1 aliphatic rings. The fourth-order valence-corrected chi connectivity index (χ4v) is 1.55. The molecule has 1 aromatic rings. The minimum Gasteiger partial charge on any atom is -0.381 e. The van der Waals surface area contributed by atoms with Gasteiger partial charge >= 0.3 is 0 Å². The molecule has 0 aromatic carbocycles. The first-order valence-corrected chi connectivity index (χ1v) is 4.18. The molecule has 0 amide bonds. The van der Waals surface area contributed by atoms with Crippen molar-refractivity contribution in [2.75, 3.05) is 13.1 Å². The Morgan fingerprint density at radius 1 is 1.42 bits per heavy atom. The van der Waals surface area contributed by atoms with Crippen LogP contribution in [-0.4, -0.2) is 17.8 Å². The van der Waals surface area contributed by atoms with Crippen LogP contribution < -0.4 is 10.9 Å². The zero-order valence-electron chi connectivity index (χ0n) is 7.09. The second kappa shape index (κ2) is 2.79. The van der Waals surface area contributed by atoms with Crippen molar-refractivity contribution in [2.45, 2.75) is 12.8 Å². The summed E-state index contributed by atoms with van der Waals surface area (Å²) in [6.07, 6.45) is 1.61. The predicted octanol–water partition coefficient (Wildman–Crippen LogP) is -0.334. The Bertz CT molecular complexity index is 337. The van der Waals surface area contributed by atoms with E-state index < -0.39 is 0 Å². The van der Waals surface area contributed by atoms with Crippen molar-refractivity contribution < 1.29 is 4.52 Å². The third-order valence-electron chi connectivity index (χ3n) is 2.21. The summed E-state index contributed by atoms with van der Waals surface area (Å²) in [5.74, 6) is 0.854. The standard InChI is InChI=1S/C8H12N2O2/c1-10-8(11)6-2-4-9-5-3-7(6)12-10/h9H,2-5H2,1H3. The predicted molar refractivity (Wildman–Crippen MR) is 44.2 cm³/mol. The van der Waals surface area contributed by atoms with Gasteiger partial charge in [-0.3, -0.25) is 4.79 Å². The molecular formula is C8H12N2O2. The monoisotopic (exact) mass is 168 g/mol. The third-order valence-corrected chi connectivity index (χ3v) is 2.21. The molecule has 0 bridgehead atoms. The molecule has 1 aromatic heterocycles. The number of hydrogen-bond donors (Lipinski definition) is 1. The van der Waals surface area contributed by atoms with E-state index in [1.54, 1.807) is 7.05 Å². The number of nitrogens with one attached hydrogen (secondary N) is 1. The quantitative estimate of drug-likeness (QED) is 0.577. The fraction of sp³-hybridized carbons (Fsp3) is 0.625. The molecule has 2 rings (SSSR count). The summed E-state index contributed by atoms with van der Waals surface area (Å²) in [6.45, 7) is 1.78. The van der Waals surface area contributed by atoms with Crippen molar-refractivity contribution in [1.29, 1.82) is 0 Å². The zero-order chi connectivity index (χ0) is 8.55. The third kappa shape index (κ3) is 1.08. The molecule has 4 heteroatoms. The first kappa shape index (κ1) is 7.61. The first-order valence-electron chi connectivity index (χ1n) is 4.18. The summed E-state index contributed by atoms with van der Waals surface area (Å²) in [4.78, 5) is 11.4. The van der Waals surface area contributed by atoms with E-state index in [0.29, 0.717) is 0 Å². The maximum Gasteiger partial charge on any atom is 0.285 e. The molecule has 0 unspecified atom stereocenters. The summed E-state index contributed by atoms with van der Waals surface area (Å²) in [7, 11) is 1.66. The van der Waals surface area contributed by atoms with Crippen LogP contribution in [0.2, 0.25) is 0 Å². The molecule has 1 N–H and O–H groups in total. The molecule has 66 valence electrons. The SMILES string of the molecule is Cn1oc2c(c1=O)CCNCC2. The van der Waals surface area contributed by atoms with Gasteiger partial charge in [-0.05, 0) is 13.0 Å². The minimum absolute atomic E-state index is 0.0219. The van der Waals surface area contributed by atoms with E-state index >= 15 is 0 Å². The van der Waals surface area contributed by atoms with Crippen LogP contribution in [0.5, 0.6) is 0 Å². The van der Waals surface area contributed by atoms with Gasteiger partial charge in [-0.1, -0.05) is 0 Å². The van der Waals surface area contributed by atoms with E-state index in [2.05, 4.69) is 5.32 Å². The lowest BCUT2D eigenvalue weighted by Crippen LogP contribution is -2.19. The van der Waals surface area contributed by atoms with Crippen molar-refractivity contribution in [2.24, 2.45) is 7.05 Å². The van der Waals surface area contributed by atoms with Gasteiger partial charge in [0.05, 0.1) is 5.56 Å². The normalized spacial score (nSPS) is 17.1. The van der Waals surface area contributed by atoms with Crippen LogP contribution in [0, 0.1) is 0 Å². The summed E-state index contributed by atoms with van der Waals surface area (Å²) < 4.78 is 6.60. The Hall–Kier alpha value is -1.03. The number of hydrogen-bond acceptors (Lipinski definition) is 3. The number of aryl methyl sites for hydroxylation is 1. The first-order chi connectivity index (χ1) is 5.79. The van der Waals surface area contributed by atoms with Gasteiger partial charge in [-0.25, -0.2) is 0 Å². The molecule has 1 aliphatic heterocycles. The molecule has 0 saturated heterocycles. The van der Waals surface area contributed by atoms with Crippen LogP contribution in [0.1, 0.15) is 11.3 Å². The maximum absolute atomic E-state index is 11.4. The number of nitrogens with zero attached hydrogens (tertiary/aromatic N) is 1. The molecule has 2 heterocycles. The molecule has 0 fully saturated rings. The highest BCUT2D eigenvalue weighted by molar-refractivity contribution is 5.16. The number of aromatic nitrogens is 1. The number of rotatable bonds is 0. The van der Waals surface area contributed by atoms with Gasteiger partial charge in [-0.15, -0.1) is 0 Å². The summed E-state index contributed by atoms with van der Waals surface area (Å²) >= 11 is 0. The molecule has 0 atom stereocenters. The molecule has 0 radical (unpaired) electrons. The van der Waals surface area contributed by atoms with Gasteiger partial charge < -0.3 is 9.84 Å². The molecule has 0 aliphatic carbocycles. The molecule has 4 nitrogen and oxygen atoms in total. The minimum atomic E-state index is 0.0219. The van der Waals surface area contributed by atoms with Crippen molar-refractivity contribution in [1.82, 2.24) is 10.1 Å². The van der Waals surface area contributed by atoms with Crippen LogP contribution in [0.25, 0.3) is 0 Å². The van der Waals surface area contributed by atoms with Crippen molar-refractivity contribution in [3.05, 3.63) is 21.7 Å². The molecule has 0 saturated carbocycles. The molecule has 12 heavy (non-hydrogen) atoms. The van der Waals surface area contributed by atoms with E-state index in [4.69, 9.17) is 4.52 Å². The van der Waals surface area contributed by atoms with Gasteiger partial charge in [0.25, 0.3) is 5.56 Å². The Kier molecular flexibility index (Phi) is 1.77. The smallest absolute Gasteiger partial charge is 0.285 e. The van der Waals surface area contributed by atoms with Gasteiger partial charge in [0.2, 0.25) is 0 Å². The van der Waals surface area contributed by atoms with E-state index in [1.165, 1.54) is 4.74 Å². The van der Waals surface area contributed by atoms with E-state index in [9.17, 15) is 4.79 Å². The zero-order valence-corrected chi connectivity index (χ0v) is 7.09. The Morgan fingerprint density at radius 3 is 3.00 bits per heavy atom. The number of fused-ring (bicyclic) bond motifs is 1. The highest BCUT2D eigenvalue weighted by Gasteiger charge is 2.16. The van der Waals surface area contributed by atoms with Gasteiger partial charge in [-0.2, -0.15) is 4.74 Å². The summed E-state index contributed by atoms with van der Waals surface area (Å²) in [6, 6.07) is 0. The van der Waals surface area contributed by atoms with Crippen LogP contribution in [0.4, 0.5) is 0 Å². The van der Waals surface area contributed by atoms with Gasteiger partial charge in [0, 0.05) is 20.0 Å². The fourth-order valence-electron chi connectivity index (χ4n) is 1.55. The molecule has 0 spiro atoms. The van der Waals surface area contributed by atoms with Gasteiger partial charge in [0.1, 0.15) is 5.76 Å². The van der Waals surface area contributed by atoms with Crippen molar-refractivity contribution in [3.63, 3.8) is 0 Å². The van der Waals surface area contributed by atoms with E-state index in [0.717, 1.165) is 37.3 Å². The van der Waals surface area contributed by atoms with Crippen LogP contribution in [0.15, 0.2) is 9.32 Å². The lowest BCUT2D eigenvalue weighted by molar-refractivity contribution is 0.275. The average molecular weight is 168 g/mol. The van der Waals surface area contributed by atoms with E-state index in [-0.39, 0.29) is 5.56 Å². The second-order valence-corrected chi connectivity index (χ2v) is 3.05. The van der Waals surface area contributed by atoms with Crippen molar-refractivity contribution in [3.8, 4) is 0 Å². The Morgan fingerprint density at radius 2 is 2.17 bits per heavy atom. The van der Waals surface area contributed by atoms with Crippen molar-refractivity contribution >= 4 is 0 Å². The maximum atomic E-state index is 11.4. The lowest BCUT2D eigenvalue weighted by atomic mass is 10.2. The van der Waals surface area contributed by atoms with E-state index in [1.807, 2.05) is 0 Å². The van der Waals surface area contributed by atoms with Crippen LogP contribution in [-0.2, 0) is 19.9 Å². The highest BCUT2D eigenvalue weighted by Crippen LogP contribution is 2.08. The van der Waals surface area contributed by atoms with Crippen LogP contribution >= 0.6 is 0 Å².